The van der Waals surface area contributed by atoms with E-state index in [-0.39, 0.29) is 0 Å². The third-order valence-corrected chi connectivity index (χ3v) is 7.90. The summed E-state index contributed by atoms with van der Waals surface area (Å²) in [6.07, 6.45) is 13.7. The van der Waals surface area contributed by atoms with Crippen LogP contribution in [0.3, 0.4) is 0 Å². The molecule has 0 unspecified atom stereocenters. The highest BCUT2D eigenvalue weighted by Gasteiger charge is 2.31. The number of benzene rings is 2. The van der Waals surface area contributed by atoms with Crippen LogP contribution in [-0.4, -0.2) is 0 Å². The molecular weight excluding hydrogens is 388 g/mol. The van der Waals surface area contributed by atoms with E-state index in [1.54, 1.807) is 6.07 Å². The third kappa shape index (κ3) is 5.00. The van der Waals surface area contributed by atoms with Gasteiger partial charge in [-0.2, -0.15) is 5.26 Å². The minimum atomic E-state index is -0.802. The first-order valence-corrected chi connectivity index (χ1v) is 12.1. The molecule has 0 spiro atoms. The summed E-state index contributed by atoms with van der Waals surface area (Å²) in [6, 6.07) is 12.2. The number of hydrogen-bond acceptors (Lipinski definition) is 1. The summed E-state index contributed by atoms with van der Waals surface area (Å²) < 4.78 is 27.9. The van der Waals surface area contributed by atoms with Crippen molar-refractivity contribution in [2.24, 2.45) is 17.8 Å². The van der Waals surface area contributed by atoms with E-state index in [2.05, 4.69) is 19.1 Å². The van der Waals surface area contributed by atoms with Crippen molar-refractivity contribution >= 4 is 0 Å². The number of nitrogens with zero attached hydrogens (tertiary/aromatic N) is 1. The Balaban J connectivity index is 1.34. The lowest BCUT2D eigenvalue weighted by molar-refractivity contribution is 0.156. The second-order valence-electron chi connectivity index (χ2n) is 9.73. The molecule has 4 rings (SSSR count). The molecule has 2 aromatic carbocycles. The van der Waals surface area contributed by atoms with E-state index in [0.29, 0.717) is 11.5 Å². The molecule has 2 aliphatic carbocycles. The van der Waals surface area contributed by atoms with Crippen molar-refractivity contribution < 1.29 is 8.78 Å². The summed E-state index contributed by atoms with van der Waals surface area (Å²) in [4.78, 5) is 0. The largest absolute Gasteiger partial charge is 0.205 e. The SMILES string of the molecule is CCCC1CCC(C2CCC(c3ccc(-c4cc(F)c(C#N)c(F)c4)cc3)CC2)CC1. The second kappa shape index (κ2) is 9.94. The second-order valence-corrected chi connectivity index (χ2v) is 9.73. The number of hydrogen-bond donors (Lipinski definition) is 0. The number of halogens is 2. The van der Waals surface area contributed by atoms with Crippen LogP contribution < -0.4 is 0 Å². The van der Waals surface area contributed by atoms with Gasteiger partial charge in [0.15, 0.2) is 0 Å². The number of nitriles is 1. The van der Waals surface area contributed by atoms with Crippen molar-refractivity contribution in [3.8, 4) is 17.2 Å². The summed E-state index contributed by atoms with van der Waals surface area (Å²) >= 11 is 0. The molecule has 2 aromatic rings. The minimum Gasteiger partial charge on any atom is -0.205 e. The Morgan fingerprint density at radius 1 is 0.806 bits per heavy atom. The monoisotopic (exact) mass is 421 g/mol. The van der Waals surface area contributed by atoms with Gasteiger partial charge >= 0.3 is 0 Å². The van der Waals surface area contributed by atoms with Crippen LogP contribution in [0, 0.1) is 40.7 Å². The minimum absolute atomic E-state index is 0.475. The Kier molecular flexibility index (Phi) is 7.06. The molecule has 0 amide bonds. The lowest BCUT2D eigenvalue weighted by atomic mass is 9.68. The summed E-state index contributed by atoms with van der Waals surface area (Å²) in [7, 11) is 0. The average molecular weight is 422 g/mol. The normalized spacial score (nSPS) is 26.4. The lowest BCUT2D eigenvalue weighted by Gasteiger charge is -2.38. The molecule has 3 heteroatoms. The number of rotatable bonds is 5. The van der Waals surface area contributed by atoms with Gasteiger partial charge in [-0.05, 0) is 91.0 Å². The maximum absolute atomic E-state index is 14.0. The summed E-state index contributed by atoms with van der Waals surface area (Å²) in [5.41, 5.74) is 2.07. The molecule has 0 heterocycles. The van der Waals surface area contributed by atoms with Gasteiger partial charge in [0.25, 0.3) is 0 Å². The first-order valence-electron chi connectivity index (χ1n) is 12.1. The topological polar surface area (TPSA) is 23.8 Å². The van der Waals surface area contributed by atoms with Crippen LogP contribution in [0.5, 0.6) is 0 Å². The molecule has 0 aromatic heterocycles. The molecule has 2 aliphatic rings. The van der Waals surface area contributed by atoms with Crippen molar-refractivity contribution in [3.63, 3.8) is 0 Å². The molecule has 0 radical (unpaired) electrons. The van der Waals surface area contributed by atoms with Crippen molar-refractivity contribution in [2.45, 2.75) is 77.0 Å². The molecular formula is C28H33F2N. The molecule has 0 aliphatic heterocycles. The Bertz CT molecular complexity index is 888. The Morgan fingerprint density at radius 3 is 1.87 bits per heavy atom. The molecule has 0 saturated heterocycles. The Morgan fingerprint density at radius 2 is 1.35 bits per heavy atom. The fourth-order valence-corrected chi connectivity index (χ4v) is 6.07. The van der Waals surface area contributed by atoms with Gasteiger partial charge in [-0.25, -0.2) is 8.78 Å². The molecule has 164 valence electrons. The molecule has 2 fully saturated rings. The highest BCUT2D eigenvalue weighted by Crippen LogP contribution is 2.44. The van der Waals surface area contributed by atoms with Crippen LogP contribution in [0.2, 0.25) is 0 Å². The molecule has 0 N–H and O–H groups in total. The van der Waals surface area contributed by atoms with Gasteiger partial charge < -0.3 is 0 Å². The molecule has 0 bridgehead atoms. The van der Waals surface area contributed by atoms with E-state index in [9.17, 15) is 8.78 Å². The van der Waals surface area contributed by atoms with Gasteiger partial charge in [-0.3, -0.25) is 0 Å². The fraction of sp³-hybridized carbons (Fsp3) is 0.536. The van der Waals surface area contributed by atoms with E-state index >= 15 is 0 Å². The van der Waals surface area contributed by atoms with E-state index in [1.807, 2.05) is 12.1 Å². The van der Waals surface area contributed by atoms with E-state index in [4.69, 9.17) is 5.26 Å². The predicted octanol–water partition coefficient (Wildman–Crippen LogP) is 8.38. The van der Waals surface area contributed by atoms with Crippen LogP contribution in [0.1, 0.15) is 88.2 Å². The zero-order chi connectivity index (χ0) is 21.8. The van der Waals surface area contributed by atoms with Gasteiger partial charge in [0.2, 0.25) is 0 Å². The van der Waals surface area contributed by atoms with Crippen molar-refractivity contribution in [1.82, 2.24) is 0 Å². The van der Waals surface area contributed by atoms with Crippen LogP contribution in [0.15, 0.2) is 36.4 Å². The molecule has 0 atom stereocenters. The fourth-order valence-electron chi connectivity index (χ4n) is 6.07. The van der Waals surface area contributed by atoms with Crippen molar-refractivity contribution in [2.75, 3.05) is 0 Å². The van der Waals surface area contributed by atoms with E-state index in [1.165, 1.54) is 81.9 Å². The Labute approximate surface area is 185 Å². The quantitative estimate of drug-likeness (QED) is 0.475. The van der Waals surface area contributed by atoms with Crippen LogP contribution in [0.4, 0.5) is 8.78 Å². The Hall–Kier alpha value is -2.21. The summed E-state index contributed by atoms with van der Waals surface area (Å²) in [5, 5.41) is 8.85. The maximum Gasteiger partial charge on any atom is 0.144 e. The lowest BCUT2D eigenvalue weighted by Crippen LogP contribution is -2.25. The molecule has 2 saturated carbocycles. The summed E-state index contributed by atoms with van der Waals surface area (Å²) in [5.74, 6) is 1.82. The third-order valence-electron chi connectivity index (χ3n) is 7.90. The molecule has 31 heavy (non-hydrogen) atoms. The van der Waals surface area contributed by atoms with Crippen molar-refractivity contribution in [3.05, 3.63) is 59.2 Å². The zero-order valence-corrected chi connectivity index (χ0v) is 18.5. The van der Waals surface area contributed by atoms with Gasteiger partial charge in [0, 0.05) is 0 Å². The van der Waals surface area contributed by atoms with Crippen LogP contribution in [-0.2, 0) is 0 Å². The van der Waals surface area contributed by atoms with Gasteiger partial charge in [-0.1, -0.05) is 56.9 Å². The highest BCUT2D eigenvalue weighted by atomic mass is 19.1. The first-order chi connectivity index (χ1) is 15.1. The zero-order valence-electron chi connectivity index (χ0n) is 18.5. The van der Waals surface area contributed by atoms with Gasteiger partial charge in [0.1, 0.15) is 23.3 Å². The van der Waals surface area contributed by atoms with Crippen LogP contribution in [0.25, 0.3) is 11.1 Å². The smallest absolute Gasteiger partial charge is 0.144 e. The first kappa shape index (κ1) is 22.0. The molecule has 1 nitrogen and oxygen atoms in total. The van der Waals surface area contributed by atoms with Crippen molar-refractivity contribution in [1.29, 1.82) is 5.26 Å². The standard InChI is InChI=1S/C28H33F2N/c1-2-3-19-4-6-20(7-5-19)21-8-10-22(11-9-21)23-12-14-24(15-13-23)25-16-27(29)26(18-31)28(30)17-25/h12-17,19-22H,2-11H2,1H3. The predicted molar refractivity (Wildman–Crippen MR) is 122 cm³/mol. The highest BCUT2D eigenvalue weighted by molar-refractivity contribution is 5.65. The summed E-state index contributed by atoms with van der Waals surface area (Å²) in [6.45, 7) is 2.31. The average Bonchev–Trinajstić information content (AvgIpc) is 2.80. The van der Waals surface area contributed by atoms with Crippen LogP contribution >= 0.6 is 0 Å². The van der Waals surface area contributed by atoms with Gasteiger partial charge in [0.05, 0.1) is 0 Å². The van der Waals surface area contributed by atoms with Gasteiger partial charge in [-0.15, -0.1) is 0 Å². The van der Waals surface area contributed by atoms with E-state index < -0.39 is 17.2 Å². The maximum atomic E-state index is 14.0. The van der Waals surface area contributed by atoms with E-state index in [0.717, 1.165) is 23.3 Å².